The fourth-order valence-electron chi connectivity index (χ4n) is 3.62. The number of anilines is 1. The van der Waals surface area contributed by atoms with Crippen molar-refractivity contribution in [3.63, 3.8) is 0 Å². The fourth-order valence-corrected chi connectivity index (χ4v) is 3.62. The standard InChI is InChI=1S/C20H24N6O/c1-14-12-19(26-18(23-14)11-15(2)24-26)25-9-6-16(7-10-25)20(27)22-13-17-5-3-4-8-21-17/h3-5,8,11-12,16H,6-7,9-10,13H2,1-2H3,(H,22,27). The van der Waals surface area contributed by atoms with Crippen LogP contribution in [0.1, 0.15) is 29.9 Å². The van der Waals surface area contributed by atoms with Gasteiger partial charge in [0.05, 0.1) is 17.9 Å². The van der Waals surface area contributed by atoms with Crippen molar-refractivity contribution in [1.29, 1.82) is 0 Å². The number of piperidine rings is 1. The van der Waals surface area contributed by atoms with Crippen molar-refractivity contribution in [3.8, 4) is 0 Å². The highest BCUT2D eigenvalue weighted by atomic mass is 16.1. The third-order valence-electron chi connectivity index (χ3n) is 5.02. The van der Waals surface area contributed by atoms with Gasteiger partial charge in [0.2, 0.25) is 5.91 Å². The summed E-state index contributed by atoms with van der Waals surface area (Å²) in [5, 5.41) is 7.59. The first-order chi connectivity index (χ1) is 13.1. The molecule has 1 amide bonds. The van der Waals surface area contributed by atoms with Crippen molar-refractivity contribution in [2.24, 2.45) is 5.92 Å². The number of nitrogens with zero attached hydrogens (tertiary/aromatic N) is 5. The van der Waals surface area contributed by atoms with Gasteiger partial charge in [0.1, 0.15) is 5.82 Å². The number of pyridine rings is 1. The Hall–Kier alpha value is -2.96. The minimum atomic E-state index is 0.0442. The van der Waals surface area contributed by atoms with E-state index in [-0.39, 0.29) is 11.8 Å². The molecule has 0 radical (unpaired) electrons. The molecule has 1 N–H and O–H groups in total. The summed E-state index contributed by atoms with van der Waals surface area (Å²) in [5.41, 5.74) is 3.69. The van der Waals surface area contributed by atoms with Gasteiger partial charge in [-0.1, -0.05) is 6.07 Å². The van der Waals surface area contributed by atoms with Gasteiger partial charge in [-0.05, 0) is 38.8 Å². The molecule has 3 aromatic rings. The zero-order chi connectivity index (χ0) is 18.8. The lowest BCUT2D eigenvalue weighted by molar-refractivity contribution is -0.125. The number of aryl methyl sites for hydroxylation is 2. The van der Waals surface area contributed by atoms with Gasteiger partial charge in [0.15, 0.2) is 5.65 Å². The van der Waals surface area contributed by atoms with Crippen molar-refractivity contribution in [2.45, 2.75) is 33.2 Å². The Bertz CT molecular complexity index is 944. The second kappa shape index (κ2) is 7.34. The number of carbonyl (C=O) groups excluding carboxylic acids is 1. The predicted octanol–water partition coefficient (Wildman–Crippen LogP) is 2.27. The summed E-state index contributed by atoms with van der Waals surface area (Å²) in [6.07, 6.45) is 3.41. The Kier molecular flexibility index (Phi) is 4.75. The van der Waals surface area contributed by atoms with Crippen LogP contribution in [0.3, 0.4) is 0 Å². The van der Waals surface area contributed by atoms with Crippen LogP contribution in [-0.2, 0) is 11.3 Å². The number of carbonyl (C=O) groups is 1. The van der Waals surface area contributed by atoms with Gasteiger partial charge in [-0.15, -0.1) is 0 Å². The summed E-state index contributed by atoms with van der Waals surface area (Å²) in [7, 11) is 0. The van der Waals surface area contributed by atoms with Crippen LogP contribution in [0.25, 0.3) is 5.65 Å². The predicted molar refractivity (Wildman–Crippen MR) is 103 cm³/mol. The van der Waals surface area contributed by atoms with Crippen molar-refractivity contribution >= 4 is 17.4 Å². The highest BCUT2D eigenvalue weighted by Crippen LogP contribution is 2.25. The largest absolute Gasteiger partial charge is 0.356 e. The molecule has 3 aromatic heterocycles. The molecule has 0 spiro atoms. The molecule has 0 bridgehead atoms. The fraction of sp³-hybridized carbons (Fsp3) is 0.400. The van der Waals surface area contributed by atoms with Crippen molar-refractivity contribution in [2.75, 3.05) is 18.0 Å². The normalized spacial score (nSPS) is 15.3. The van der Waals surface area contributed by atoms with Gasteiger partial charge < -0.3 is 10.2 Å². The molecule has 0 saturated carbocycles. The zero-order valence-corrected chi connectivity index (χ0v) is 15.7. The summed E-state index contributed by atoms with van der Waals surface area (Å²) >= 11 is 0. The molecular formula is C20H24N6O. The van der Waals surface area contributed by atoms with E-state index in [0.29, 0.717) is 6.54 Å². The summed E-state index contributed by atoms with van der Waals surface area (Å²) < 4.78 is 1.91. The number of hydrogen-bond donors (Lipinski definition) is 1. The van der Waals surface area contributed by atoms with Crippen LogP contribution in [0, 0.1) is 19.8 Å². The quantitative estimate of drug-likeness (QED) is 0.769. The van der Waals surface area contributed by atoms with Gasteiger partial charge in [-0.2, -0.15) is 9.61 Å². The summed E-state index contributed by atoms with van der Waals surface area (Å²) in [6.45, 7) is 6.13. The third-order valence-corrected chi connectivity index (χ3v) is 5.02. The van der Waals surface area contributed by atoms with Crippen LogP contribution in [0.15, 0.2) is 36.5 Å². The van der Waals surface area contributed by atoms with Gasteiger partial charge in [-0.25, -0.2) is 4.98 Å². The van der Waals surface area contributed by atoms with Gasteiger partial charge >= 0.3 is 0 Å². The minimum absolute atomic E-state index is 0.0442. The number of aromatic nitrogens is 4. The summed E-state index contributed by atoms with van der Waals surface area (Å²) in [6, 6.07) is 9.79. The molecule has 4 rings (SSSR count). The molecule has 1 aliphatic heterocycles. The first kappa shape index (κ1) is 17.5. The maximum Gasteiger partial charge on any atom is 0.223 e. The maximum absolute atomic E-state index is 12.5. The SMILES string of the molecule is Cc1cc(N2CCC(C(=O)NCc3ccccn3)CC2)n2nc(C)cc2n1. The van der Waals surface area contributed by atoms with E-state index in [1.54, 1.807) is 6.20 Å². The molecule has 0 atom stereocenters. The Morgan fingerprint density at radius 1 is 1.19 bits per heavy atom. The lowest BCUT2D eigenvalue weighted by atomic mass is 9.96. The van der Waals surface area contributed by atoms with E-state index in [9.17, 15) is 4.79 Å². The lowest BCUT2D eigenvalue weighted by Gasteiger charge is -2.33. The lowest BCUT2D eigenvalue weighted by Crippen LogP contribution is -2.41. The molecule has 0 unspecified atom stereocenters. The number of amides is 1. The first-order valence-electron chi connectivity index (χ1n) is 9.37. The second-order valence-corrected chi connectivity index (χ2v) is 7.11. The third kappa shape index (κ3) is 3.77. The molecule has 1 saturated heterocycles. The van der Waals surface area contributed by atoms with E-state index < -0.39 is 0 Å². The Morgan fingerprint density at radius 3 is 2.74 bits per heavy atom. The Morgan fingerprint density at radius 2 is 2.00 bits per heavy atom. The van der Waals surface area contributed by atoms with E-state index in [4.69, 9.17) is 0 Å². The Labute approximate surface area is 158 Å². The van der Waals surface area contributed by atoms with Gasteiger partial charge in [0.25, 0.3) is 0 Å². The van der Waals surface area contributed by atoms with Gasteiger partial charge in [-0.3, -0.25) is 9.78 Å². The molecule has 140 valence electrons. The van der Waals surface area contributed by atoms with Crippen LogP contribution in [-0.4, -0.2) is 38.6 Å². The van der Waals surface area contributed by atoms with Crippen LogP contribution < -0.4 is 10.2 Å². The second-order valence-electron chi connectivity index (χ2n) is 7.11. The van der Waals surface area contributed by atoms with E-state index in [1.807, 2.05) is 42.6 Å². The van der Waals surface area contributed by atoms with E-state index >= 15 is 0 Å². The van der Waals surface area contributed by atoms with Crippen molar-refractivity contribution < 1.29 is 4.79 Å². The zero-order valence-electron chi connectivity index (χ0n) is 15.7. The van der Waals surface area contributed by atoms with Crippen LogP contribution >= 0.6 is 0 Å². The van der Waals surface area contributed by atoms with Crippen molar-refractivity contribution in [1.82, 2.24) is 24.9 Å². The molecule has 0 aromatic carbocycles. The molecular weight excluding hydrogens is 340 g/mol. The highest BCUT2D eigenvalue weighted by molar-refractivity contribution is 5.79. The van der Waals surface area contributed by atoms with E-state index in [2.05, 4.69) is 31.3 Å². The monoisotopic (exact) mass is 364 g/mol. The number of fused-ring (bicyclic) bond motifs is 1. The maximum atomic E-state index is 12.5. The van der Waals surface area contributed by atoms with Crippen LogP contribution in [0.4, 0.5) is 5.82 Å². The van der Waals surface area contributed by atoms with Gasteiger partial charge in [0, 0.05) is 43.0 Å². The molecule has 27 heavy (non-hydrogen) atoms. The number of rotatable bonds is 4. The molecule has 0 aliphatic carbocycles. The number of nitrogens with one attached hydrogen (secondary N) is 1. The Balaban J connectivity index is 1.40. The van der Waals surface area contributed by atoms with E-state index in [0.717, 1.165) is 54.5 Å². The molecule has 7 heteroatoms. The van der Waals surface area contributed by atoms with Crippen molar-refractivity contribution in [3.05, 3.63) is 53.6 Å². The average Bonchev–Trinajstić information content (AvgIpc) is 3.06. The highest BCUT2D eigenvalue weighted by Gasteiger charge is 2.26. The molecule has 4 heterocycles. The molecule has 1 aliphatic rings. The minimum Gasteiger partial charge on any atom is -0.356 e. The smallest absolute Gasteiger partial charge is 0.223 e. The van der Waals surface area contributed by atoms with Crippen LogP contribution in [0.5, 0.6) is 0 Å². The van der Waals surface area contributed by atoms with E-state index in [1.165, 1.54) is 0 Å². The molecule has 7 nitrogen and oxygen atoms in total. The topological polar surface area (TPSA) is 75.4 Å². The summed E-state index contributed by atoms with van der Waals surface area (Å²) in [4.78, 5) is 23.6. The summed E-state index contributed by atoms with van der Waals surface area (Å²) in [5.74, 6) is 1.21. The first-order valence-corrected chi connectivity index (χ1v) is 9.37. The average molecular weight is 364 g/mol. The molecule has 1 fully saturated rings. The van der Waals surface area contributed by atoms with Crippen LogP contribution in [0.2, 0.25) is 0 Å². The number of hydrogen-bond acceptors (Lipinski definition) is 5.